The Bertz CT molecular complexity index is 693. The molecule has 1 unspecified atom stereocenters. The normalized spacial score (nSPS) is 17.5. The highest BCUT2D eigenvalue weighted by Gasteiger charge is 2.21. The van der Waals surface area contributed by atoms with Gasteiger partial charge in [-0.25, -0.2) is 0 Å². The van der Waals surface area contributed by atoms with Crippen LogP contribution in [-0.2, 0) is 16.1 Å². The van der Waals surface area contributed by atoms with Gasteiger partial charge in [-0.05, 0) is 48.1 Å². The van der Waals surface area contributed by atoms with Gasteiger partial charge in [-0.15, -0.1) is 11.3 Å². The summed E-state index contributed by atoms with van der Waals surface area (Å²) in [5.41, 5.74) is 0.920. The first-order chi connectivity index (χ1) is 11.7. The van der Waals surface area contributed by atoms with Gasteiger partial charge in [0, 0.05) is 29.1 Å². The van der Waals surface area contributed by atoms with Crippen molar-refractivity contribution in [2.45, 2.75) is 25.5 Å². The molecule has 0 spiro atoms. The molecule has 0 saturated carbocycles. The Hall–Kier alpha value is -1.62. The van der Waals surface area contributed by atoms with Crippen LogP contribution >= 0.6 is 22.9 Å². The second-order valence-electron chi connectivity index (χ2n) is 5.82. The van der Waals surface area contributed by atoms with Crippen LogP contribution < -0.4 is 0 Å². The first-order valence-corrected chi connectivity index (χ1v) is 9.33. The van der Waals surface area contributed by atoms with Crippen molar-refractivity contribution in [1.82, 2.24) is 4.90 Å². The maximum atomic E-state index is 12.7. The molecule has 3 nitrogen and oxygen atoms in total. The quantitative estimate of drug-likeness (QED) is 0.702. The van der Waals surface area contributed by atoms with E-state index in [1.165, 1.54) is 4.88 Å². The number of ether oxygens (including phenoxy) is 1. The van der Waals surface area contributed by atoms with Crippen molar-refractivity contribution in [3.05, 3.63) is 63.3 Å². The lowest BCUT2D eigenvalue weighted by molar-refractivity contribution is -0.128. The highest BCUT2D eigenvalue weighted by Crippen LogP contribution is 2.18. The molecule has 0 aliphatic carbocycles. The Kier molecular flexibility index (Phi) is 6.07. The molecule has 3 rings (SSSR count). The van der Waals surface area contributed by atoms with Crippen LogP contribution in [0, 0.1) is 0 Å². The van der Waals surface area contributed by atoms with E-state index in [-0.39, 0.29) is 12.0 Å². The summed E-state index contributed by atoms with van der Waals surface area (Å²) in [5.74, 6) is -0.00104. The van der Waals surface area contributed by atoms with Gasteiger partial charge in [-0.3, -0.25) is 4.79 Å². The molecule has 0 radical (unpaired) electrons. The second-order valence-corrected chi connectivity index (χ2v) is 7.29. The molecule has 1 fully saturated rings. The maximum absolute atomic E-state index is 12.7. The summed E-state index contributed by atoms with van der Waals surface area (Å²) in [5, 5.41) is 2.70. The molecule has 1 amide bonds. The number of carbonyl (C=O) groups excluding carboxylic acids is 1. The molecule has 24 heavy (non-hydrogen) atoms. The molecule has 5 heteroatoms. The van der Waals surface area contributed by atoms with Crippen molar-refractivity contribution in [2.75, 3.05) is 13.2 Å². The predicted octanol–water partition coefficient (Wildman–Crippen LogP) is 4.62. The van der Waals surface area contributed by atoms with Gasteiger partial charge < -0.3 is 9.64 Å². The number of benzene rings is 1. The van der Waals surface area contributed by atoms with Crippen molar-refractivity contribution in [1.29, 1.82) is 0 Å². The van der Waals surface area contributed by atoms with Crippen LogP contribution in [0.2, 0.25) is 5.02 Å². The molecule has 1 saturated heterocycles. The molecular weight excluding hydrogens is 342 g/mol. The minimum atomic E-state index is -0.00104. The summed E-state index contributed by atoms with van der Waals surface area (Å²) in [6.45, 7) is 2.05. The van der Waals surface area contributed by atoms with Crippen molar-refractivity contribution < 1.29 is 9.53 Å². The number of carbonyl (C=O) groups is 1. The zero-order valence-corrected chi connectivity index (χ0v) is 14.9. The van der Waals surface area contributed by atoms with Gasteiger partial charge in [0.1, 0.15) is 0 Å². The number of hydrogen-bond donors (Lipinski definition) is 0. The largest absolute Gasteiger partial charge is 0.376 e. The third kappa shape index (κ3) is 4.94. The minimum absolute atomic E-state index is 0.00104. The fourth-order valence-electron chi connectivity index (χ4n) is 2.74. The lowest BCUT2D eigenvalue weighted by Gasteiger charge is -2.23. The summed E-state index contributed by atoms with van der Waals surface area (Å²) < 4.78 is 5.70. The van der Waals surface area contributed by atoms with Crippen LogP contribution in [0.1, 0.15) is 23.3 Å². The smallest absolute Gasteiger partial charge is 0.246 e. The van der Waals surface area contributed by atoms with E-state index in [1.807, 2.05) is 46.7 Å². The Labute approximate surface area is 151 Å². The zero-order valence-electron chi connectivity index (χ0n) is 13.4. The first kappa shape index (κ1) is 17.2. The van der Waals surface area contributed by atoms with E-state index in [0.717, 1.165) is 25.0 Å². The molecule has 0 N–H and O–H groups in total. The molecule has 1 aliphatic heterocycles. The summed E-state index contributed by atoms with van der Waals surface area (Å²) in [6, 6.07) is 11.5. The van der Waals surface area contributed by atoms with Crippen LogP contribution in [0.15, 0.2) is 47.9 Å². The van der Waals surface area contributed by atoms with Gasteiger partial charge in [0.15, 0.2) is 0 Å². The van der Waals surface area contributed by atoms with E-state index in [9.17, 15) is 4.79 Å². The molecule has 0 bridgehead atoms. The molecule has 1 aromatic carbocycles. The van der Waals surface area contributed by atoms with E-state index in [1.54, 1.807) is 17.4 Å². The van der Waals surface area contributed by atoms with E-state index < -0.39 is 0 Å². The van der Waals surface area contributed by atoms with Gasteiger partial charge in [0.2, 0.25) is 5.91 Å². The van der Waals surface area contributed by atoms with Crippen LogP contribution in [0.3, 0.4) is 0 Å². The molecule has 1 aliphatic rings. The van der Waals surface area contributed by atoms with E-state index in [2.05, 4.69) is 6.07 Å². The monoisotopic (exact) mass is 361 g/mol. The Morgan fingerprint density at radius 1 is 1.38 bits per heavy atom. The van der Waals surface area contributed by atoms with Gasteiger partial charge in [0.25, 0.3) is 0 Å². The first-order valence-electron chi connectivity index (χ1n) is 8.07. The summed E-state index contributed by atoms with van der Waals surface area (Å²) in [6.07, 6.45) is 5.67. The minimum Gasteiger partial charge on any atom is -0.376 e. The summed E-state index contributed by atoms with van der Waals surface area (Å²) >= 11 is 7.65. The Morgan fingerprint density at radius 3 is 3.00 bits per heavy atom. The third-order valence-electron chi connectivity index (χ3n) is 3.95. The van der Waals surface area contributed by atoms with Crippen molar-refractivity contribution in [3.63, 3.8) is 0 Å². The van der Waals surface area contributed by atoms with Crippen LogP contribution in [0.25, 0.3) is 6.08 Å². The lowest BCUT2D eigenvalue weighted by Crippen LogP contribution is -2.35. The summed E-state index contributed by atoms with van der Waals surface area (Å²) in [7, 11) is 0. The SMILES string of the molecule is O=C(/C=C/c1cccc(Cl)c1)N(Cc1cccs1)CC1CCCO1. The number of halogens is 1. The molecule has 2 heterocycles. The van der Waals surface area contributed by atoms with Crippen LogP contribution in [0.5, 0.6) is 0 Å². The van der Waals surface area contributed by atoms with Crippen molar-refractivity contribution in [3.8, 4) is 0 Å². The van der Waals surface area contributed by atoms with Gasteiger partial charge >= 0.3 is 0 Å². The maximum Gasteiger partial charge on any atom is 0.246 e. The lowest BCUT2D eigenvalue weighted by atomic mass is 10.2. The number of hydrogen-bond acceptors (Lipinski definition) is 3. The molecule has 1 atom stereocenters. The second kappa shape index (κ2) is 8.47. The number of thiophene rings is 1. The zero-order chi connectivity index (χ0) is 16.8. The van der Waals surface area contributed by atoms with E-state index in [4.69, 9.17) is 16.3 Å². The number of nitrogens with zero attached hydrogens (tertiary/aromatic N) is 1. The standard InChI is InChI=1S/C19H20ClNO2S/c20-16-5-1-4-15(12-16)8-9-19(22)21(13-17-6-2-10-23-17)14-18-7-3-11-24-18/h1,3-5,7-9,11-12,17H,2,6,10,13-14H2/b9-8+. The van der Waals surface area contributed by atoms with Gasteiger partial charge in [-0.2, -0.15) is 0 Å². The fraction of sp³-hybridized carbons (Fsp3) is 0.316. The topological polar surface area (TPSA) is 29.5 Å². The number of amides is 1. The number of rotatable bonds is 6. The van der Waals surface area contributed by atoms with Crippen molar-refractivity contribution in [2.24, 2.45) is 0 Å². The third-order valence-corrected chi connectivity index (χ3v) is 5.05. The molecule has 126 valence electrons. The van der Waals surface area contributed by atoms with Crippen LogP contribution in [-0.4, -0.2) is 30.1 Å². The van der Waals surface area contributed by atoms with Gasteiger partial charge in [-0.1, -0.05) is 29.8 Å². The molecular formula is C19H20ClNO2S. The molecule has 2 aromatic rings. The fourth-order valence-corrected chi connectivity index (χ4v) is 3.66. The Balaban J connectivity index is 1.69. The highest BCUT2D eigenvalue weighted by atomic mass is 35.5. The van der Waals surface area contributed by atoms with Crippen LogP contribution in [0.4, 0.5) is 0 Å². The van der Waals surface area contributed by atoms with E-state index >= 15 is 0 Å². The van der Waals surface area contributed by atoms with E-state index in [0.29, 0.717) is 18.1 Å². The van der Waals surface area contributed by atoms with Crippen molar-refractivity contribution >= 4 is 34.9 Å². The average molecular weight is 362 g/mol. The molecule has 1 aromatic heterocycles. The highest BCUT2D eigenvalue weighted by molar-refractivity contribution is 7.09. The predicted molar refractivity (Wildman–Crippen MR) is 99.2 cm³/mol. The van der Waals surface area contributed by atoms with Gasteiger partial charge in [0.05, 0.1) is 12.6 Å². The summed E-state index contributed by atoms with van der Waals surface area (Å²) in [4.78, 5) is 15.7. The average Bonchev–Trinajstić information content (AvgIpc) is 3.26. The Morgan fingerprint density at radius 2 is 2.29 bits per heavy atom.